The maximum Gasteiger partial charge on any atom is 0.325 e. The first kappa shape index (κ1) is 24.5. The highest BCUT2D eigenvalue weighted by Gasteiger charge is 2.21. The maximum atomic E-state index is 12.6. The smallest absolute Gasteiger partial charge is 0.325 e. The number of benzene rings is 2. The molecule has 0 spiro atoms. The Balaban J connectivity index is 1.55. The number of hydrogen-bond donors (Lipinski definition) is 1. The zero-order valence-electron chi connectivity index (χ0n) is 19.2. The lowest BCUT2D eigenvalue weighted by Crippen LogP contribution is -2.33. The molecule has 34 heavy (non-hydrogen) atoms. The van der Waals surface area contributed by atoms with Crippen LogP contribution in [0.2, 0.25) is 0 Å². The molecule has 1 unspecified atom stereocenters. The van der Waals surface area contributed by atoms with E-state index in [0.717, 1.165) is 16.3 Å². The quantitative estimate of drug-likeness (QED) is 0.358. The Labute approximate surface area is 197 Å². The van der Waals surface area contributed by atoms with E-state index in [9.17, 15) is 14.4 Å². The highest BCUT2D eigenvalue weighted by Crippen LogP contribution is 2.29. The summed E-state index contributed by atoms with van der Waals surface area (Å²) in [5, 5.41) is 4.72. The van der Waals surface area contributed by atoms with Gasteiger partial charge in [0.2, 0.25) is 6.79 Å². The number of ether oxygens (including phenoxy) is 4. The van der Waals surface area contributed by atoms with E-state index in [2.05, 4.69) is 16.4 Å². The Morgan fingerprint density at radius 2 is 1.82 bits per heavy atom. The molecule has 1 atom stereocenters. The average molecular weight is 466 g/mol. The maximum absolute atomic E-state index is 12.6. The molecule has 9 heteroatoms. The fourth-order valence-corrected chi connectivity index (χ4v) is 3.31. The number of fused-ring (bicyclic) bond motifs is 1. The van der Waals surface area contributed by atoms with Crippen molar-refractivity contribution in [3.05, 3.63) is 66.0 Å². The molecule has 178 valence electrons. The normalized spacial score (nSPS) is 11.4. The minimum atomic E-state index is -0.671. The van der Waals surface area contributed by atoms with Gasteiger partial charge >= 0.3 is 11.9 Å². The summed E-state index contributed by atoms with van der Waals surface area (Å²) in [6.45, 7) is 2.23. The monoisotopic (exact) mass is 466 g/mol. The van der Waals surface area contributed by atoms with Gasteiger partial charge < -0.3 is 24.3 Å². The number of pyridine rings is 1. The molecule has 0 aliphatic rings. The fraction of sp³-hybridized carbons (Fsp3) is 0.280. The molecule has 3 rings (SSSR count). The van der Waals surface area contributed by atoms with Gasteiger partial charge in [-0.2, -0.15) is 0 Å². The van der Waals surface area contributed by atoms with Crippen molar-refractivity contribution in [3.63, 3.8) is 0 Å². The minimum Gasteiger partial charge on any atom is -0.493 e. The molecule has 1 amide bonds. The van der Waals surface area contributed by atoms with Gasteiger partial charge in [-0.1, -0.05) is 42.5 Å². The largest absolute Gasteiger partial charge is 0.493 e. The molecule has 0 saturated carbocycles. The zero-order valence-corrected chi connectivity index (χ0v) is 19.2. The van der Waals surface area contributed by atoms with Gasteiger partial charge in [-0.05, 0) is 23.3 Å². The Hall–Kier alpha value is -4.14. The van der Waals surface area contributed by atoms with E-state index in [1.165, 1.54) is 26.3 Å². The molecule has 0 fully saturated rings. The van der Waals surface area contributed by atoms with Gasteiger partial charge in [0.15, 0.2) is 17.2 Å². The van der Waals surface area contributed by atoms with Crippen molar-refractivity contribution in [2.24, 2.45) is 0 Å². The Kier molecular flexibility index (Phi) is 8.39. The number of carbonyl (C=O) groups is 3. The summed E-state index contributed by atoms with van der Waals surface area (Å²) < 4.78 is 20.7. The van der Waals surface area contributed by atoms with Gasteiger partial charge in [0, 0.05) is 25.6 Å². The summed E-state index contributed by atoms with van der Waals surface area (Å²) in [4.78, 5) is 39.8. The average Bonchev–Trinajstić information content (AvgIpc) is 2.82. The van der Waals surface area contributed by atoms with Gasteiger partial charge in [0.05, 0.1) is 7.11 Å². The summed E-state index contributed by atoms with van der Waals surface area (Å²) >= 11 is 0. The van der Waals surface area contributed by atoms with Crippen LogP contribution in [0.1, 0.15) is 29.9 Å². The lowest BCUT2D eigenvalue weighted by atomic mass is 10.0. The second kappa shape index (κ2) is 11.6. The topological polar surface area (TPSA) is 113 Å². The van der Waals surface area contributed by atoms with Crippen LogP contribution in [-0.4, -0.2) is 49.4 Å². The van der Waals surface area contributed by atoms with Gasteiger partial charge in [0.25, 0.3) is 5.91 Å². The number of nitrogens with zero attached hydrogens (tertiary/aromatic N) is 1. The van der Waals surface area contributed by atoms with E-state index in [0.29, 0.717) is 6.42 Å². The first-order valence-electron chi connectivity index (χ1n) is 10.6. The van der Waals surface area contributed by atoms with Crippen LogP contribution in [0.4, 0.5) is 0 Å². The summed E-state index contributed by atoms with van der Waals surface area (Å²) in [5.41, 5.74) is 0.918. The van der Waals surface area contributed by atoms with Crippen LogP contribution >= 0.6 is 0 Å². The third kappa shape index (κ3) is 6.68. The summed E-state index contributed by atoms with van der Waals surface area (Å²) in [5.74, 6) is -1.60. The van der Waals surface area contributed by atoms with Gasteiger partial charge in [-0.3, -0.25) is 14.4 Å². The first-order valence-corrected chi connectivity index (χ1v) is 10.6. The molecule has 3 aromatic rings. The van der Waals surface area contributed by atoms with Crippen molar-refractivity contribution < 1.29 is 33.3 Å². The summed E-state index contributed by atoms with van der Waals surface area (Å²) in [6.07, 6.45) is 1.51. The van der Waals surface area contributed by atoms with E-state index in [1.807, 2.05) is 36.4 Å². The van der Waals surface area contributed by atoms with Crippen LogP contribution in [-0.2, 0) is 25.5 Å². The van der Waals surface area contributed by atoms with E-state index in [1.54, 1.807) is 6.92 Å². The summed E-state index contributed by atoms with van der Waals surface area (Å²) in [7, 11) is 1.39. The fourth-order valence-electron chi connectivity index (χ4n) is 3.31. The Morgan fingerprint density at radius 1 is 1.06 bits per heavy atom. The standard InChI is InChI=1S/C25H26N2O7/c1-16(12-18-8-9-19-6-4-5-7-20(19)13-18)34-22(29)14-27-25(30)23-24(33-15-32-17(2)28)21(31-3)10-11-26-23/h4-11,13,16H,12,14-15H2,1-3H3,(H,27,30). The van der Waals surface area contributed by atoms with Crippen molar-refractivity contribution in [2.45, 2.75) is 26.4 Å². The molecule has 1 aromatic heterocycles. The number of esters is 2. The molecule has 9 nitrogen and oxygen atoms in total. The van der Waals surface area contributed by atoms with E-state index in [4.69, 9.17) is 18.9 Å². The molecule has 0 saturated heterocycles. The van der Waals surface area contributed by atoms with Crippen LogP contribution < -0.4 is 14.8 Å². The van der Waals surface area contributed by atoms with Crippen molar-refractivity contribution >= 4 is 28.6 Å². The number of carbonyl (C=O) groups excluding carboxylic acids is 3. The van der Waals surface area contributed by atoms with Gasteiger partial charge in [-0.25, -0.2) is 4.98 Å². The lowest BCUT2D eigenvalue weighted by Gasteiger charge is -2.15. The Morgan fingerprint density at radius 3 is 2.56 bits per heavy atom. The van der Waals surface area contributed by atoms with Crippen LogP contribution in [0.25, 0.3) is 10.8 Å². The molecule has 0 aliphatic carbocycles. The molecule has 1 N–H and O–H groups in total. The third-order valence-corrected chi connectivity index (χ3v) is 4.83. The van der Waals surface area contributed by atoms with Crippen molar-refractivity contribution in [1.82, 2.24) is 10.3 Å². The van der Waals surface area contributed by atoms with Crippen molar-refractivity contribution in [2.75, 3.05) is 20.4 Å². The third-order valence-electron chi connectivity index (χ3n) is 4.83. The minimum absolute atomic E-state index is 0.0122. The first-order chi connectivity index (χ1) is 16.4. The molecule has 1 heterocycles. The van der Waals surface area contributed by atoms with Gasteiger partial charge in [-0.15, -0.1) is 0 Å². The lowest BCUT2D eigenvalue weighted by molar-refractivity contribution is -0.148. The molecule has 0 bridgehead atoms. The highest BCUT2D eigenvalue weighted by molar-refractivity contribution is 5.97. The van der Waals surface area contributed by atoms with Crippen LogP contribution in [0.15, 0.2) is 54.7 Å². The molecular formula is C25H26N2O7. The van der Waals surface area contributed by atoms with E-state index >= 15 is 0 Å². The van der Waals surface area contributed by atoms with Crippen molar-refractivity contribution in [1.29, 1.82) is 0 Å². The number of methoxy groups -OCH3 is 1. The number of rotatable bonds is 10. The molecule has 2 aromatic carbocycles. The zero-order chi connectivity index (χ0) is 24.5. The Bertz CT molecular complexity index is 1180. The summed E-state index contributed by atoms with van der Waals surface area (Å²) in [6, 6.07) is 15.6. The molecule has 0 aliphatic heterocycles. The van der Waals surface area contributed by atoms with Gasteiger partial charge in [0.1, 0.15) is 12.6 Å². The second-order valence-electron chi connectivity index (χ2n) is 7.46. The van der Waals surface area contributed by atoms with Crippen LogP contribution in [0.3, 0.4) is 0 Å². The van der Waals surface area contributed by atoms with E-state index < -0.39 is 24.6 Å². The van der Waals surface area contributed by atoms with Crippen molar-refractivity contribution in [3.8, 4) is 11.5 Å². The second-order valence-corrected chi connectivity index (χ2v) is 7.46. The predicted octanol–water partition coefficient (Wildman–Crippen LogP) is 3.05. The SMILES string of the molecule is COc1ccnc(C(=O)NCC(=O)OC(C)Cc2ccc3ccccc3c2)c1OCOC(C)=O. The molecule has 0 radical (unpaired) electrons. The van der Waals surface area contributed by atoms with Crippen LogP contribution in [0.5, 0.6) is 11.5 Å². The predicted molar refractivity (Wildman–Crippen MR) is 124 cm³/mol. The molecular weight excluding hydrogens is 440 g/mol. The van der Waals surface area contributed by atoms with E-state index in [-0.39, 0.29) is 29.8 Å². The highest BCUT2D eigenvalue weighted by atomic mass is 16.7. The number of hydrogen-bond acceptors (Lipinski definition) is 8. The number of nitrogens with one attached hydrogen (secondary N) is 1. The van der Waals surface area contributed by atoms with Crippen LogP contribution in [0, 0.1) is 0 Å². The number of aromatic nitrogens is 1. The number of amides is 1.